The van der Waals surface area contributed by atoms with Crippen molar-refractivity contribution in [1.82, 2.24) is 14.6 Å². The number of amides is 1. The molecule has 0 N–H and O–H groups in total. The minimum absolute atomic E-state index is 0.133. The zero-order valence-corrected chi connectivity index (χ0v) is 15.1. The van der Waals surface area contributed by atoms with E-state index in [0.29, 0.717) is 12.0 Å². The van der Waals surface area contributed by atoms with Crippen LogP contribution in [0.4, 0.5) is 0 Å². The maximum absolute atomic E-state index is 13.3. The van der Waals surface area contributed by atoms with Crippen molar-refractivity contribution in [3.05, 3.63) is 34.8 Å². The van der Waals surface area contributed by atoms with Crippen LogP contribution in [-0.2, 0) is 4.74 Å². The summed E-state index contributed by atoms with van der Waals surface area (Å²) in [5, 5.41) is 4.10. The fourth-order valence-electron chi connectivity index (χ4n) is 3.73. The van der Waals surface area contributed by atoms with Crippen molar-refractivity contribution < 1.29 is 14.1 Å². The zero-order valence-electron chi connectivity index (χ0n) is 15.1. The van der Waals surface area contributed by atoms with Crippen molar-refractivity contribution in [3.8, 4) is 5.82 Å². The topological polar surface area (TPSA) is 60.5 Å². The van der Waals surface area contributed by atoms with Gasteiger partial charge in [0.2, 0.25) is 0 Å². The number of hydrogen-bond acceptors (Lipinski definition) is 4. The molecule has 1 saturated carbocycles. The lowest BCUT2D eigenvalue weighted by Crippen LogP contribution is -2.37. The lowest BCUT2D eigenvalue weighted by Gasteiger charge is -2.25. The van der Waals surface area contributed by atoms with Gasteiger partial charge in [-0.2, -0.15) is 0 Å². The number of rotatable bonds is 5. The van der Waals surface area contributed by atoms with Crippen molar-refractivity contribution in [2.75, 3.05) is 19.8 Å². The molecule has 3 heterocycles. The number of aromatic nitrogens is 2. The molecule has 0 spiro atoms. The molecule has 1 aliphatic carbocycles. The van der Waals surface area contributed by atoms with Gasteiger partial charge in [0.25, 0.3) is 5.91 Å². The van der Waals surface area contributed by atoms with Gasteiger partial charge in [-0.15, -0.1) is 0 Å². The first kappa shape index (κ1) is 16.4. The minimum atomic E-state index is 0.133. The van der Waals surface area contributed by atoms with Crippen LogP contribution in [0.2, 0.25) is 0 Å². The number of carbonyl (C=O) groups is 1. The molecule has 1 aliphatic heterocycles. The zero-order chi connectivity index (χ0) is 17.6. The maximum Gasteiger partial charge on any atom is 0.255 e. The van der Waals surface area contributed by atoms with Crippen LogP contribution in [0.15, 0.2) is 16.7 Å². The molecule has 2 aromatic rings. The van der Waals surface area contributed by atoms with Crippen molar-refractivity contribution in [3.63, 3.8) is 0 Å². The molecule has 6 heteroatoms. The van der Waals surface area contributed by atoms with E-state index >= 15 is 0 Å². The highest BCUT2D eigenvalue weighted by molar-refractivity contribution is 5.96. The Kier molecular flexibility index (Phi) is 4.15. The molecule has 0 radical (unpaired) electrons. The van der Waals surface area contributed by atoms with Gasteiger partial charge in [0, 0.05) is 42.6 Å². The van der Waals surface area contributed by atoms with Crippen LogP contribution in [0.3, 0.4) is 0 Å². The Balaban J connectivity index is 1.62. The average molecular weight is 343 g/mol. The van der Waals surface area contributed by atoms with E-state index in [9.17, 15) is 4.79 Å². The number of ether oxygens (including phenoxy) is 1. The van der Waals surface area contributed by atoms with Crippen LogP contribution < -0.4 is 0 Å². The Hall–Kier alpha value is -2.08. The van der Waals surface area contributed by atoms with Crippen LogP contribution in [0.5, 0.6) is 0 Å². The van der Waals surface area contributed by atoms with Crippen LogP contribution in [0, 0.1) is 26.7 Å². The number of hydrogen-bond donors (Lipinski definition) is 0. The predicted molar refractivity (Wildman–Crippen MR) is 93.0 cm³/mol. The maximum atomic E-state index is 13.3. The molecule has 2 aromatic heterocycles. The second kappa shape index (κ2) is 6.33. The molecule has 6 nitrogen and oxygen atoms in total. The van der Waals surface area contributed by atoms with E-state index in [1.807, 2.05) is 37.5 Å². The summed E-state index contributed by atoms with van der Waals surface area (Å²) >= 11 is 0. The second-order valence-corrected chi connectivity index (χ2v) is 7.33. The quantitative estimate of drug-likeness (QED) is 0.837. The smallest absolute Gasteiger partial charge is 0.255 e. The first-order chi connectivity index (χ1) is 12.0. The highest BCUT2D eigenvalue weighted by atomic mass is 16.5. The molecule has 1 unspecified atom stereocenters. The monoisotopic (exact) mass is 343 g/mol. The van der Waals surface area contributed by atoms with Crippen LogP contribution in [0.1, 0.15) is 46.8 Å². The fourth-order valence-corrected chi connectivity index (χ4v) is 3.73. The van der Waals surface area contributed by atoms with Crippen LogP contribution in [0.25, 0.3) is 5.82 Å². The molecule has 1 atom stereocenters. The SMILES string of the molecule is Cc1cc(-n2c(C)cc(C(=O)N(CC3CCOC3)C3CC3)c2C)no1. The van der Waals surface area contributed by atoms with Crippen molar-refractivity contribution in [2.45, 2.75) is 46.1 Å². The van der Waals surface area contributed by atoms with Crippen molar-refractivity contribution in [2.24, 2.45) is 5.92 Å². The Morgan fingerprint density at radius 3 is 2.68 bits per heavy atom. The number of aryl methyl sites for hydroxylation is 2. The summed E-state index contributed by atoms with van der Waals surface area (Å²) in [7, 11) is 0. The van der Waals surface area contributed by atoms with Crippen molar-refractivity contribution >= 4 is 5.91 Å². The molecule has 134 valence electrons. The lowest BCUT2D eigenvalue weighted by atomic mass is 10.1. The standard InChI is InChI=1S/C19H25N3O3/c1-12-8-17(14(3)22(12)18-9-13(2)25-20-18)19(23)21(16-4-5-16)10-15-6-7-24-11-15/h8-9,15-16H,4-7,10-11H2,1-3H3. The summed E-state index contributed by atoms with van der Waals surface area (Å²) in [5.41, 5.74) is 2.68. The third kappa shape index (κ3) is 3.11. The summed E-state index contributed by atoms with van der Waals surface area (Å²) in [6.07, 6.45) is 3.27. The van der Waals surface area contributed by atoms with E-state index < -0.39 is 0 Å². The van der Waals surface area contributed by atoms with Gasteiger partial charge in [-0.05, 0) is 46.1 Å². The number of carbonyl (C=O) groups excluding carboxylic acids is 1. The summed E-state index contributed by atoms with van der Waals surface area (Å²) in [4.78, 5) is 15.3. The van der Waals surface area contributed by atoms with Crippen molar-refractivity contribution in [1.29, 1.82) is 0 Å². The van der Waals surface area contributed by atoms with E-state index in [4.69, 9.17) is 9.26 Å². The van der Waals surface area contributed by atoms with E-state index in [0.717, 1.165) is 67.6 Å². The normalized spacial score (nSPS) is 20.2. The van der Waals surface area contributed by atoms with Gasteiger partial charge in [0.1, 0.15) is 5.76 Å². The number of nitrogens with zero attached hydrogens (tertiary/aromatic N) is 3. The van der Waals surface area contributed by atoms with E-state index in [-0.39, 0.29) is 5.91 Å². The van der Waals surface area contributed by atoms with Gasteiger partial charge in [-0.25, -0.2) is 0 Å². The van der Waals surface area contributed by atoms with Gasteiger partial charge < -0.3 is 14.2 Å². The highest BCUT2D eigenvalue weighted by Gasteiger charge is 2.36. The molecule has 4 rings (SSSR count). The minimum Gasteiger partial charge on any atom is -0.381 e. The lowest BCUT2D eigenvalue weighted by molar-refractivity contribution is 0.0705. The average Bonchev–Trinajstić information content (AvgIpc) is 2.98. The molecule has 1 amide bonds. The predicted octanol–water partition coefficient (Wildman–Crippen LogP) is 3.03. The van der Waals surface area contributed by atoms with Gasteiger partial charge in [-0.1, -0.05) is 5.16 Å². The van der Waals surface area contributed by atoms with Crippen LogP contribution >= 0.6 is 0 Å². The molecule has 0 bridgehead atoms. The van der Waals surface area contributed by atoms with E-state index in [2.05, 4.69) is 10.1 Å². The Morgan fingerprint density at radius 1 is 1.28 bits per heavy atom. The second-order valence-electron chi connectivity index (χ2n) is 7.33. The first-order valence-corrected chi connectivity index (χ1v) is 9.06. The molecule has 0 aromatic carbocycles. The Labute approximate surface area is 147 Å². The van der Waals surface area contributed by atoms with Gasteiger partial charge in [-0.3, -0.25) is 9.36 Å². The highest BCUT2D eigenvalue weighted by Crippen LogP contribution is 2.32. The molecular formula is C19H25N3O3. The third-order valence-corrected chi connectivity index (χ3v) is 5.23. The Morgan fingerprint density at radius 2 is 2.08 bits per heavy atom. The Bertz CT molecular complexity index is 782. The molecule has 25 heavy (non-hydrogen) atoms. The summed E-state index contributed by atoms with van der Waals surface area (Å²) in [5.74, 6) is 2.09. The third-order valence-electron chi connectivity index (χ3n) is 5.23. The van der Waals surface area contributed by atoms with Gasteiger partial charge in [0.15, 0.2) is 5.82 Å². The van der Waals surface area contributed by atoms with E-state index in [1.54, 1.807) is 0 Å². The van der Waals surface area contributed by atoms with E-state index in [1.165, 1.54) is 0 Å². The summed E-state index contributed by atoms with van der Waals surface area (Å²) in [6, 6.07) is 4.26. The molecule has 2 fully saturated rings. The summed E-state index contributed by atoms with van der Waals surface area (Å²) in [6.45, 7) is 8.24. The first-order valence-electron chi connectivity index (χ1n) is 9.06. The van der Waals surface area contributed by atoms with Gasteiger partial charge >= 0.3 is 0 Å². The fraction of sp³-hybridized carbons (Fsp3) is 0.579. The molecular weight excluding hydrogens is 318 g/mol. The molecule has 2 aliphatic rings. The summed E-state index contributed by atoms with van der Waals surface area (Å²) < 4.78 is 12.7. The van der Waals surface area contributed by atoms with Crippen LogP contribution in [-0.4, -0.2) is 46.3 Å². The largest absolute Gasteiger partial charge is 0.381 e. The van der Waals surface area contributed by atoms with Gasteiger partial charge in [0.05, 0.1) is 12.2 Å². The molecule has 1 saturated heterocycles.